The van der Waals surface area contributed by atoms with Crippen LogP contribution in [0.15, 0.2) is 41.3 Å². The Labute approximate surface area is 225 Å². The number of nitrogens with one attached hydrogen (secondary N) is 3. The van der Waals surface area contributed by atoms with E-state index in [1.807, 2.05) is 13.8 Å². The summed E-state index contributed by atoms with van der Waals surface area (Å²) in [5, 5.41) is 3.18. The minimum atomic E-state index is -0.937. The maximum Gasteiger partial charge on any atom is 0.408 e. The molecular formula is C26H32ClFN4O4S. The number of thioether (sulfide) groups is 1. The molecule has 3 N–H and O–H groups in total. The first-order chi connectivity index (χ1) is 17.3. The smallest absolute Gasteiger partial charge is 0.408 e. The first kappa shape index (κ1) is 28.7. The number of halogens is 2. The van der Waals surface area contributed by atoms with Crippen LogP contribution in [0, 0.1) is 11.7 Å². The van der Waals surface area contributed by atoms with Gasteiger partial charge in [0.1, 0.15) is 17.5 Å². The molecule has 8 nitrogen and oxygen atoms in total. The van der Waals surface area contributed by atoms with Gasteiger partial charge in [-0.15, -0.1) is 11.8 Å². The highest BCUT2D eigenvalue weighted by molar-refractivity contribution is 7.99. The summed E-state index contributed by atoms with van der Waals surface area (Å²) in [6.45, 7) is 9.75. The summed E-state index contributed by atoms with van der Waals surface area (Å²) in [5.41, 5.74) is 5.48. The summed E-state index contributed by atoms with van der Waals surface area (Å²) in [6.07, 6.45) is -0.730. The van der Waals surface area contributed by atoms with Gasteiger partial charge in [0.2, 0.25) is 0 Å². The molecule has 2 aromatic carbocycles. The molecule has 37 heavy (non-hydrogen) atoms. The Hall–Kier alpha value is -2.82. The van der Waals surface area contributed by atoms with E-state index in [0.29, 0.717) is 22.2 Å². The van der Waals surface area contributed by atoms with Crippen LogP contribution in [0.4, 0.5) is 14.9 Å². The molecule has 200 valence electrons. The number of alkyl carbamates (subject to hydrolysis) is 1. The zero-order valence-electron chi connectivity index (χ0n) is 21.5. The monoisotopic (exact) mass is 550 g/mol. The molecule has 0 saturated carbocycles. The van der Waals surface area contributed by atoms with Gasteiger partial charge in [-0.3, -0.25) is 15.0 Å². The van der Waals surface area contributed by atoms with Crippen LogP contribution in [0.2, 0.25) is 5.02 Å². The molecule has 0 unspecified atom stereocenters. The van der Waals surface area contributed by atoms with Gasteiger partial charge in [-0.2, -0.15) is 0 Å². The van der Waals surface area contributed by atoms with Crippen molar-refractivity contribution < 1.29 is 23.5 Å². The number of rotatable bonds is 7. The maximum absolute atomic E-state index is 15.0. The van der Waals surface area contributed by atoms with Crippen LogP contribution in [-0.4, -0.2) is 41.8 Å². The molecule has 3 rings (SSSR count). The van der Waals surface area contributed by atoms with Crippen molar-refractivity contribution >= 4 is 47.0 Å². The van der Waals surface area contributed by atoms with Gasteiger partial charge in [-0.1, -0.05) is 37.6 Å². The van der Waals surface area contributed by atoms with Crippen LogP contribution in [0.3, 0.4) is 0 Å². The van der Waals surface area contributed by atoms with E-state index in [-0.39, 0.29) is 23.8 Å². The number of ether oxygens (including phenoxy) is 1. The van der Waals surface area contributed by atoms with Gasteiger partial charge >= 0.3 is 6.09 Å². The topological polar surface area (TPSA) is 99.8 Å². The zero-order valence-corrected chi connectivity index (χ0v) is 23.1. The fourth-order valence-corrected chi connectivity index (χ4v) is 4.69. The normalized spacial score (nSPS) is 15.7. The molecule has 11 heteroatoms. The molecule has 0 aromatic heterocycles. The highest BCUT2D eigenvalue weighted by Gasteiger charge is 2.34. The number of carbonyl (C=O) groups excluding carboxylic acids is 3. The molecule has 3 amide bonds. The van der Waals surface area contributed by atoms with E-state index < -0.39 is 35.4 Å². The lowest BCUT2D eigenvalue weighted by atomic mass is 10.1. The number of hydrogen-bond acceptors (Lipinski definition) is 6. The second kappa shape index (κ2) is 12.1. The number of anilines is 1. The summed E-state index contributed by atoms with van der Waals surface area (Å²) in [7, 11) is 0. The van der Waals surface area contributed by atoms with Crippen molar-refractivity contribution in [3.8, 4) is 0 Å². The van der Waals surface area contributed by atoms with Crippen LogP contribution in [-0.2, 0) is 16.1 Å². The SMILES string of the molecule is CC(C)CNNC(=O)c1cc2c(cc1F)SC[C@H](NC(=O)OC(C)(C)C)C(=O)N2Cc1ccc(Cl)cc1. The molecule has 0 aliphatic carbocycles. The van der Waals surface area contributed by atoms with Crippen LogP contribution >= 0.6 is 23.4 Å². The predicted molar refractivity (Wildman–Crippen MR) is 143 cm³/mol. The minimum Gasteiger partial charge on any atom is -0.444 e. The fraction of sp³-hybridized carbons (Fsp3) is 0.423. The van der Waals surface area contributed by atoms with Gasteiger partial charge < -0.3 is 15.0 Å². The summed E-state index contributed by atoms with van der Waals surface area (Å²) in [5.74, 6) is -1.35. The molecule has 1 atom stereocenters. The lowest BCUT2D eigenvalue weighted by Crippen LogP contribution is -2.50. The highest BCUT2D eigenvalue weighted by Crippen LogP contribution is 2.37. The van der Waals surface area contributed by atoms with Crippen molar-refractivity contribution in [3.05, 3.63) is 58.4 Å². The van der Waals surface area contributed by atoms with Gasteiger partial charge in [0.15, 0.2) is 0 Å². The van der Waals surface area contributed by atoms with Gasteiger partial charge in [-0.25, -0.2) is 14.6 Å². The number of fused-ring (bicyclic) bond motifs is 1. The minimum absolute atomic E-state index is 0.119. The Morgan fingerprint density at radius 1 is 1.22 bits per heavy atom. The summed E-state index contributed by atoms with van der Waals surface area (Å²) in [6, 6.07) is 8.63. The second-order valence-electron chi connectivity index (χ2n) is 10.1. The first-order valence-corrected chi connectivity index (χ1v) is 13.3. The number of hydrazine groups is 1. The van der Waals surface area contributed by atoms with Crippen molar-refractivity contribution in [2.45, 2.75) is 57.7 Å². The highest BCUT2D eigenvalue weighted by atomic mass is 35.5. The van der Waals surface area contributed by atoms with Crippen molar-refractivity contribution in [3.63, 3.8) is 0 Å². The number of carbonyl (C=O) groups is 3. The number of hydrogen-bond donors (Lipinski definition) is 3. The number of benzene rings is 2. The second-order valence-corrected chi connectivity index (χ2v) is 11.6. The predicted octanol–water partition coefficient (Wildman–Crippen LogP) is 4.90. The van der Waals surface area contributed by atoms with Gasteiger partial charge in [0, 0.05) is 22.2 Å². The third kappa shape index (κ3) is 8.08. The molecule has 0 spiro atoms. The Balaban J connectivity index is 1.96. The Bertz CT molecular complexity index is 1150. The van der Waals surface area contributed by atoms with Crippen molar-refractivity contribution in [2.24, 2.45) is 5.92 Å². The van der Waals surface area contributed by atoms with E-state index in [1.165, 1.54) is 28.8 Å². The fourth-order valence-electron chi connectivity index (χ4n) is 3.49. The van der Waals surface area contributed by atoms with Crippen molar-refractivity contribution in [1.82, 2.24) is 16.2 Å². The Kier molecular flexibility index (Phi) is 9.44. The van der Waals surface area contributed by atoms with E-state index in [0.717, 1.165) is 5.56 Å². The van der Waals surface area contributed by atoms with Crippen LogP contribution in [0.25, 0.3) is 0 Å². The third-order valence-corrected chi connectivity index (χ3v) is 6.60. The third-order valence-electron chi connectivity index (χ3n) is 5.21. The summed E-state index contributed by atoms with van der Waals surface area (Å²) < 4.78 is 20.4. The Morgan fingerprint density at radius 2 is 1.89 bits per heavy atom. The van der Waals surface area contributed by atoms with E-state index in [9.17, 15) is 14.4 Å². The summed E-state index contributed by atoms with van der Waals surface area (Å²) in [4.78, 5) is 40.8. The lowest BCUT2D eigenvalue weighted by Gasteiger charge is -2.27. The standard InChI is InChI=1S/C26H32ClFN4O4S/c1-15(2)12-29-31-23(33)18-10-21-22(11-19(18)28)37-14-20(30-25(35)36-26(3,4)5)24(34)32(21)13-16-6-8-17(27)9-7-16/h6-11,15,20,29H,12-14H2,1-5H3,(H,30,35)(H,31,33)/t20-/m0/s1. The molecule has 0 bridgehead atoms. The van der Waals surface area contributed by atoms with Crippen molar-refractivity contribution in [1.29, 1.82) is 0 Å². The molecule has 1 aliphatic rings. The van der Waals surface area contributed by atoms with Gasteiger partial charge in [-0.05, 0) is 56.5 Å². The van der Waals surface area contributed by atoms with Crippen LogP contribution in [0.5, 0.6) is 0 Å². The van der Waals surface area contributed by atoms with Crippen LogP contribution in [0.1, 0.15) is 50.5 Å². The zero-order chi connectivity index (χ0) is 27.3. The van der Waals surface area contributed by atoms with Crippen LogP contribution < -0.4 is 21.1 Å². The largest absolute Gasteiger partial charge is 0.444 e. The molecule has 1 heterocycles. The molecular weight excluding hydrogens is 519 g/mol. The quantitative estimate of drug-likeness (QED) is 0.424. The van der Waals surface area contributed by atoms with E-state index >= 15 is 4.39 Å². The van der Waals surface area contributed by atoms with Gasteiger partial charge in [0.25, 0.3) is 11.8 Å². The van der Waals surface area contributed by atoms with Crippen molar-refractivity contribution in [2.75, 3.05) is 17.2 Å². The molecule has 0 radical (unpaired) electrons. The molecule has 1 aliphatic heterocycles. The first-order valence-electron chi connectivity index (χ1n) is 11.9. The molecule has 0 saturated heterocycles. The van der Waals surface area contributed by atoms with E-state index in [4.69, 9.17) is 16.3 Å². The lowest BCUT2D eigenvalue weighted by molar-refractivity contribution is -0.120. The van der Waals surface area contributed by atoms with E-state index in [2.05, 4.69) is 16.2 Å². The maximum atomic E-state index is 15.0. The Morgan fingerprint density at radius 3 is 2.51 bits per heavy atom. The summed E-state index contributed by atoms with van der Waals surface area (Å²) >= 11 is 7.23. The average molecular weight is 551 g/mol. The number of nitrogens with zero attached hydrogens (tertiary/aromatic N) is 1. The number of amides is 3. The average Bonchev–Trinajstić information content (AvgIpc) is 2.90. The van der Waals surface area contributed by atoms with E-state index in [1.54, 1.807) is 45.0 Å². The van der Waals surface area contributed by atoms with Gasteiger partial charge in [0.05, 0.1) is 17.8 Å². The molecule has 2 aromatic rings. The molecule has 0 fully saturated rings.